The Hall–Kier alpha value is 1.30. The molecule has 12 aliphatic carbocycles. The van der Waals surface area contributed by atoms with Crippen LogP contribution in [0.25, 0.3) is 0 Å². The summed E-state index contributed by atoms with van der Waals surface area (Å²) in [6.45, 7) is 0. The quantitative estimate of drug-likeness (QED) is 0.171. The molecule has 1 saturated heterocycles. The molecule has 1 aliphatic heterocycles. The molecule has 0 unspecified atom stereocenters. The van der Waals surface area contributed by atoms with E-state index in [1.807, 2.05) is 77.0 Å². The van der Waals surface area contributed by atoms with Crippen LogP contribution in [0.1, 0.15) is 347 Å². The predicted octanol–water partition coefficient (Wildman–Crippen LogP) is 19.2. The van der Waals surface area contributed by atoms with Gasteiger partial charge >= 0.3 is 0 Å². The molecule has 0 nitrogen and oxygen atoms in total. The van der Waals surface area contributed by atoms with Gasteiger partial charge in [0.25, 0.3) is 0 Å². The molecule has 12 saturated carbocycles. The van der Waals surface area contributed by atoms with Gasteiger partial charge in [0.2, 0.25) is 0 Å². The van der Waals surface area contributed by atoms with E-state index in [1.54, 1.807) is 270 Å². The number of hydrogen-bond acceptors (Lipinski definition) is 0. The summed E-state index contributed by atoms with van der Waals surface area (Å²) >= 11 is 0. The summed E-state index contributed by atoms with van der Waals surface area (Å²) in [6.07, 6.45) is 94.6. The summed E-state index contributed by atoms with van der Waals surface area (Å²) in [4.78, 5) is 0. The Bertz CT molecular complexity index is 1370. The molecule has 0 spiro atoms. The van der Waals surface area contributed by atoms with Crippen molar-refractivity contribution in [2.45, 2.75) is 377 Å². The van der Waals surface area contributed by atoms with Crippen LogP contribution in [0.3, 0.4) is 0 Å². The molecule has 0 atom stereocenters. The maximum atomic E-state index is 1.89. The molecule has 0 aromatic rings. The fourth-order valence-electron chi connectivity index (χ4n) is 28.0. The van der Waals surface area contributed by atoms with Gasteiger partial charge < -0.3 is 0 Å². The second-order valence-corrected chi connectivity index (χ2v) is 84.7. The fourth-order valence-corrected chi connectivity index (χ4v) is 291. The molecule has 72 heavy (non-hydrogen) atoms. The molecule has 13 rings (SSSR count). The molecular formula is C66H120Si6. The highest BCUT2D eigenvalue weighted by Gasteiger charge is 2.79. The molecule has 13 fully saturated rings. The Morgan fingerprint density at radius 1 is 0.139 bits per heavy atom. The standard InChI is InChI=1S/C66H120Si6/c1-7-31-55(32-8-1)61(43-19-20-44-61)67-68(62(45-21-22-46-62)56-33-9-2-10-34-56)70(64(49-25-26-50-64)58-37-13-4-14-38-58)72(66(53-29-30-54-66)60-41-17-6-18-42-60)71(65(51-27-28-52-65)59-39-15-5-16-40-59)69(67)63(47-23-24-48-63)57-35-11-3-12-36-57/h55-60,67-72H,1-54H2. The maximum Gasteiger partial charge on any atom is 0.0235 e. The highest BCUT2D eigenvalue weighted by atomic mass is 30.1. The third-order valence-corrected chi connectivity index (χ3v) is 156. The minimum atomic E-state index is -1.14. The molecule has 0 bridgehead atoms. The normalized spacial score (nSPS) is 39.5. The molecule has 0 radical (unpaired) electrons. The van der Waals surface area contributed by atoms with Crippen molar-refractivity contribution >= 4 is 47.0 Å². The van der Waals surface area contributed by atoms with Crippen LogP contribution in [-0.2, 0) is 0 Å². The second kappa shape index (κ2) is 22.7. The first-order chi connectivity index (χ1) is 35.6. The average Bonchev–Trinajstić information content (AvgIpc) is 4.34. The average molecular weight is 1080 g/mol. The van der Waals surface area contributed by atoms with E-state index in [0.29, 0.717) is 0 Å². The Labute approximate surface area is 456 Å². The van der Waals surface area contributed by atoms with Crippen molar-refractivity contribution in [3.63, 3.8) is 0 Å². The lowest BCUT2D eigenvalue weighted by Gasteiger charge is -2.74. The topological polar surface area (TPSA) is 0 Å². The van der Waals surface area contributed by atoms with Gasteiger partial charge in [0.15, 0.2) is 0 Å². The van der Waals surface area contributed by atoms with E-state index >= 15 is 0 Å². The minimum Gasteiger partial charge on any atom is -0.0533 e. The second-order valence-electron chi connectivity index (χ2n) is 31.8. The highest BCUT2D eigenvalue weighted by molar-refractivity contribution is 7.97. The Morgan fingerprint density at radius 3 is 0.361 bits per heavy atom. The van der Waals surface area contributed by atoms with E-state index in [2.05, 4.69) is 0 Å². The fraction of sp³-hybridized carbons (Fsp3) is 1.00. The van der Waals surface area contributed by atoms with Gasteiger partial charge in [-0.3, -0.25) is 0 Å². The van der Waals surface area contributed by atoms with Gasteiger partial charge in [-0.2, -0.15) is 0 Å². The van der Waals surface area contributed by atoms with Crippen LogP contribution in [0.4, 0.5) is 0 Å². The van der Waals surface area contributed by atoms with Gasteiger partial charge in [0.1, 0.15) is 0 Å². The van der Waals surface area contributed by atoms with Crippen LogP contribution in [0.15, 0.2) is 0 Å². The molecule has 13 aliphatic rings. The van der Waals surface area contributed by atoms with Crippen molar-refractivity contribution < 1.29 is 0 Å². The Balaban J connectivity index is 1.18. The van der Waals surface area contributed by atoms with Crippen LogP contribution in [0.5, 0.6) is 0 Å². The van der Waals surface area contributed by atoms with E-state index in [1.165, 1.54) is 35.5 Å². The van der Waals surface area contributed by atoms with E-state index in [0.717, 1.165) is 30.2 Å². The van der Waals surface area contributed by atoms with E-state index < -0.39 is 47.0 Å². The van der Waals surface area contributed by atoms with Gasteiger partial charge in [-0.05, 0) is 65.7 Å². The maximum absolute atomic E-state index is 1.89. The lowest BCUT2D eigenvalue weighted by atomic mass is 9.78. The van der Waals surface area contributed by atoms with Crippen LogP contribution >= 0.6 is 0 Å². The first kappa shape index (κ1) is 52.7. The van der Waals surface area contributed by atoms with E-state index in [4.69, 9.17) is 0 Å². The Kier molecular flexibility index (Phi) is 16.6. The monoisotopic (exact) mass is 1080 g/mol. The van der Waals surface area contributed by atoms with Crippen LogP contribution in [0, 0.1) is 35.5 Å². The zero-order valence-corrected chi connectivity index (χ0v) is 55.0. The van der Waals surface area contributed by atoms with Gasteiger partial charge in [-0.25, -0.2) is 0 Å². The lowest BCUT2D eigenvalue weighted by molar-refractivity contribution is 0.247. The third-order valence-electron chi connectivity index (χ3n) is 30.0. The lowest BCUT2D eigenvalue weighted by Crippen LogP contribution is -2.90. The molecule has 0 amide bonds. The smallest absolute Gasteiger partial charge is 0.0235 e. The number of rotatable bonds is 12. The van der Waals surface area contributed by atoms with Crippen molar-refractivity contribution in [3.8, 4) is 0 Å². The van der Waals surface area contributed by atoms with Gasteiger partial charge in [-0.1, -0.05) is 347 Å². The van der Waals surface area contributed by atoms with Crippen molar-refractivity contribution in [2.75, 3.05) is 0 Å². The molecule has 0 N–H and O–H groups in total. The van der Waals surface area contributed by atoms with Crippen LogP contribution in [0.2, 0.25) is 30.2 Å². The summed E-state index contributed by atoms with van der Waals surface area (Å²) in [5.74, 6) is 7.47. The zero-order valence-electron chi connectivity index (χ0n) is 48.1. The van der Waals surface area contributed by atoms with Crippen molar-refractivity contribution in [2.24, 2.45) is 35.5 Å². The summed E-state index contributed by atoms with van der Waals surface area (Å²) in [7, 11) is -6.86. The molecule has 0 aromatic heterocycles. The summed E-state index contributed by atoms with van der Waals surface area (Å²) in [5.41, 5.74) is 0. The van der Waals surface area contributed by atoms with Crippen molar-refractivity contribution in [1.82, 2.24) is 0 Å². The van der Waals surface area contributed by atoms with Crippen molar-refractivity contribution in [1.29, 1.82) is 0 Å². The van der Waals surface area contributed by atoms with Crippen molar-refractivity contribution in [3.05, 3.63) is 0 Å². The zero-order chi connectivity index (χ0) is 48.1. The molecule has 6 heteroatoms. The summed E-state index contributed by atoms with van der Waals surface area (Å²) in [5, 5.41) is 5.95. The first-order valence-corrected chi connectivity index (χ1v) is 55.1. The summed E-state index contributed by atoms with van der Waals surface area (Å²) in [6, 6.07) is 0. The van der Waals surface area contributed by atoms with Crippen LogP contribution < -0.4 is 0 Å². The van der Waals surface area contributed by atoms with E-state index in [9.17, 15) is 0 Å². The first-order valence-electron chi connectivity index (χ1n) is 35.6. The summed E-state index contributed by atoms with van der Waals surface area (Å²) < 4.78 is 0. The highest BCUT2D eigenvalue weighted by Crippen LogP contribution is 2.77. The van der Waals surface area contributed by atoms with Gasteiger partial charge in [0.05, 0.1) is 0 Å². The van der Waals surface area contributed by atoms with Gasteiger partial charge in [-0.15, -0.1) is 0 Å². The van der Waals surface area contributed by atoms with Crippen LogP contribution in [-0.4, -0.2) is 47.0 Å². The predicted molar refractivity (Wildman–Crippen MR) is 329 cm³/mol. The minimum absolute atomic E-state index is 0.991. The Morgan fingerprint density at radius 2 is 0.250 bits per heavy atom. The molecule has 1 heterocycles. The SMILES string of the molecule is C1CCC(C2([SiH]3[SiH](C4(C5CCCCC5)CCCC4)[SiH](C4(C5CCCCC5)CCCC4)[SiH](C4(C5CCCCC5)CCCC4)[SiH](C4(C5CCCCC5)CCCC4)[SiH]3C3(C4CCCCC4)CCCC3)CCCC2)CC1. The molecular weight excluding hydrogens is 961 g/mol. The van der Waals surface area contributed by atoms with Gasteiger partial charge in [0, 0.05) is 47.0 Å². The molecule has 0 aromatic carbocycles. The number of hydrogen-bond donors (Lipinski definition) is 0. The van der Waals surface area contributed by atoms with E-state index in [-0.39, 0.29) is 0 Å². The largest absolute Gasteiger partial charge is 0.0533 e. The molecule has 408 valence electrons. The third kappa shape index (κ3) is 8.87.